The molecule has 1 unspecified atom stereocenters. The van der Waals surface area contributed by atoms with Crippen molar-refractivity contribution in [3.8, 4) is 0 Å². The lowest BCUT2D eigenvalue weighted by atomic mass is 10.2. The van der Waals surface area contributed by atoms with Gasteiger partial charge in [0.1, 0.15) is 0 Å². The summed E-state index contributed by atoms with van der Waals surface area (Å²) in [6.07, 6.45) is 1.21. The second-order valence-corrected chi connectivity index (χ2v) is 3.94. The van der Waals surface area contributed by atoms with Gasteiger partial charge in [-0.3, -0.25) is 9.89 Å². The first-order chi connectivity index (χ1) is 7.22. The van der Waals surface area contributed by atoms with Gasteiger partial charge in [0.25, 0.3) is 0 Å². The van der Waals surface area contributed by atoms with Crippen LogP contribution >= 0.6 is 0 Å². The third-order valence-corrected chi connectivity index (χ3v) is 3.14. The maximum Gasteiger partial charge on any atom is 0.191 e. The standard InChI is InChI=1S/C11H24N4/c1-4-13-11(12)15-8-7-10(9-15)14(5-2)6-3/h10H,4-9H2,1-3H3,(H2,12,13). The molecule has 0 aromatic carbocycles. The molecule has 1 aliphatic heterocycles. The Morgan fingerprint density at radius 2 is 2.07 bits per heavy atom. The largest absolute Gasteiger partial charge is 0.370 e. The number of hydrogen-bond donors (Lipinski definition) is 1. The minimum atomic E-state index is 0.658. The Bertz CT molecular complexity index is 211. The van der Waals surface area contributed by atoms with Crippen LogP contribution in [0.15, 0.2) is 4.99 Å². The minimum absolute atomic E-state index is 0.658. The number of nitrogens with zero attached hydrogens (tertiary/aromatic N) is 3. The summed E-state index contributed by atoms with van der Waals surface area (Å²) in [6.45, 7) is 11.6. The van der Waals surface area contributed by atoms with E-state index in [-0.39, 0.29) is 0 Å². The van der Waals surface area contributed by atoms with Crippen molar-refractivity contribution < 1.29 is 0 Å². The molecule has 1 heterocycles. The Labute approximate surface area is 93.1 Å². The van der Waals surface area contributed by atoms with E-state index in [2.05, 4.69) is 28.6 Å². The van der Waals surface area contributed by atoms with Crippen molar-refractivity contribution >= 4 is 5.96 Å². The van der Waals surface area contributed by atoms with Crippen LogP contribution in [-0.2, 0) is 0 Å². The highest BCUT2D eigenvalue weighted by atomic mass is 15.3. The Morgan fingerprint density at radius 1 is 1.40 bits per heavy atom. The van der Waals surface area contributed by atoms with E-state index in [1.165, 1.54) is 6.42 Å². The molecule has 1 fully saturated rings. The lowest BCUT2D eigenvalue weighted by molar-refractivity contribution is 0.223. The van der Waals surface area contributed by atoms with E-state index in [0.717, 1.165) is 32.7 Å². The third kappa shape index (κ3) is 3.09. The van der Waals surface area contributed by atoms with Gasteiger partial charge in [0, 0.05) is 25.7 Å². The fourth-order valence-electron chi connectivity index (χ4n) is 2.25. The summed E-state index contributed by atoms with van der Waals surface area (Å²) >= 11 is 0. The molecule has 0 aliphatic carbocycles. The molecule has 1 aliphatic rings. The topological polar surface area (TPSA) is 44.9 Å². The summed E-state index contributed by atoms with van der Waals surface area (Å²) in [5, 5.41) is 0. The van der Waals surface area contributed by atoms with Crippen LogP contribution in [0.1, 0.15) is 27.2 Å². The normalized spacial score (nSPS) is 22.8. The average molecular weight is 212 g/mol. The van der Waals surface area contributed by atoms with E-state index in [1.54, 1.807) is 0 Å². The molecular formula is C11H24N4. The minimum Gasteiger partial charge on any atom is -0.370 e. The fourth-order valence-corrected chi connectivity index (χ4v) is 2.25. The number of rotatable bonds is 4. The molecule has 1 atom stereocenters. The number of aliphatic imine (C=N–C) groups is 1. The van der Waals surface area contributed by atoms with E-state index in [0.29, 0.717) is 12.0 Å². The highest BCUT2D eigenvalue weighted by Gasteiger charge is 2.26. The maximum atomic E-state index is 5.89. The Hall–Kier alpha value is -0.770. The van der Waals surface area contributed by atoms with Crippen LogP contribution in [-0.4, -0.2) is 54.5 Å². The van der Waals surface area contributed by atoms with Crippen LogP contribution in [0.2, 0.25) is 0 Å². The van der Waals surface area contributed by atoms with Gasteiger partial charge in [0.05, 0.1) is 0 Å². The number of nitrogens with two attached hydrogens (primary N) is 1. The lowest BCUT2D eigenvalue weighted by Crippen LogP contribution is -2.41. The van der Waals surface area contributed by atoms with Crippen molar-refractivity contribution in [1.82, 2.24) is 9.80 Å². The summed E-state index contributed by atoms with van der Waals surface area (Å²) in [6, 6.07) is 0.658. The van der Waals surface area contributed by atoms with Gasteiger partial charge < -0.3 is 10.6 Å². The summed E-state index contributed by atoms with van der Waals surface area (Å²) < 4.78 is 0. The fraction of sp³-hybridized carbons (Fsp3) is 0.909. The SMILES string of the molecule is CCN=C(N)N1CCC(N(CC)CC)C1. The first-order valence-electron chi connectivity index (χ1n) is 6.01. The second kappa shape index (κ2) is 5.95. The van der Waals surface area contributed by atoms with E-state index in [9.17, 15) is 0 Å². The second-order valence-electron chi connectivity index (χ2n) is 3.94. The Balaban J connectivity index is 2.48. The molecule has 0 saturated carbocycles. The Morgan fingerprint density at radius 3 is 2.60 bits per heavy atom. The van der Waals surface area contributed by atoms with E-state index in [4.69, 9.17) is 5.73 Å². The first kappa shape index (κ1) is 12.3. The van der Waals surface area contributed by atoms with Crippen LogP contribution in [0.25, 0.3) is 0 Å². The molecule has 4 nitrogen and oxygen atoms in total. The number of likely N-dealkylation sites (tertiary alicyclic amines) is 1. The molecule has 0 radical (unpaired) electrons. The van der Waals surface area contributed by atoms with Gasteiger partial charge in [-0.1, -0.05) is 13.8 Å². The van der Waals surface area contributed by atoms with Crippen LogP contribution in [0.3, 0.4) is 0 Å². The van der Waals surface area contributed by atoms with Crippen LogP contribution in [0, 0.1) is 0 Å². The molecule has 2 N–H and O–H groups in total. The van der Waals surface area contributed by atoms with E-state index < -0.39 is 0 Å². The van der Waals surface area contributed by atoms with Crippen molar-refractivity contribution in [2.75, 3.05) is 32.7 Å². The summed E-state index contributed by atoms with van der Waals surface area (Å²) in [5.74, 6) is 0.715. The first-order valence-corrected chi connectivity index (χ1v) is 6.01. The number of hydrogen-bond acceptors (Lipinski definition) is 2. The molecule has 0 bridgehead atoms. The highest BCUT2D eigenvalue weighted by molar-refractivity contribution is 5.78. The number of guanidine groups is 1. The van der Waals surface area contributed by atoms with Gasteiger partial charge in [-0.2, -0.15) is 0 Å². The molecule has 4 heteroatoms. The third-order valence-electron chi connectivity index (χ3n) is 3.14. The van der Waals surface area contributed by atoms with Crippen molar-refractivity contribution in [2.45, 2.75) is 33.2 Å². The van der Waals surface area contributed by atoms with Crippen LogP contribution in [0.5, 0.6) is 0 Å². The summed E-state index contributed by atoms with van der Waals surface area (Å²) in [5.41, 5.74) is 5.89. The zero-order valence-electron chi connectivity index (χ0n) is 10.2. The molecule has 0 amide bonds. The van der Waals surface area contributed by atoms with Gasteiger partial charge in [-0.05, 0) is 26.4 Å². The molecule has 0 aromatic rings. The lowest BCUT2D eigenvalue weighted by Gasteiger charge is -2.26. The van der Waals surface area contributed by atoms with Gasteiger partial charge in [-0.25, -0.2) is 0 Å². The van der Waals surface area contributed by atoms with Crippen molar-refractivity contribution in [3.05, 3.63) is 0 Å². The molecule has 1 saturated heterocycles. The molecular weight excluding hydrogens is 188 g/mol. The zero-order chi connectivity index (χ0) is 11.3. The average Bonchev–Trinajstić information content (AvgIpc) is 2.69. The molecule has 15 heavy (non-hydrogen) atoms. The molecule has 0 spiro atoms. The van der Waals surface area contributed by atoms with Crippen LogP contribution < -0.4 is 5.73 Å². The van der Waals surface area contributed by atoms with Crippen molar-refractivity contribution in [1.29, 1.82) is 0 Å². The predicted octanol–water partition coefficient (Wildman–Crippen LogP) is 0.737. The van der Waals surface area contributed by atoms with Gasteiger partial charge in [0.15, 0.2) is 5.96 Å². The molecule has 0 aromatic heterocycles. The van der Waals surface area contributed by atoms with Crippen molar-refractivity contribution in [2.24, 2.45) is 10.7 Å². The van der Waals surface area contributed by atoms with E-state index in [1.807, 2.05) is 6.92 Å². The van der Waals surface area contributed by atoms with Crippen molar-refractivity contribution in [3.63, 3.8) is 0 Å². The van der Waals surface area contributed by atoms with Crippen LogP contribution in [0.4, 0.5) is 0 Å². The maximum absolute atomic E-state index is 5.89. The number of likely N-dealkylation sites (N-methyl/N-ethyl adjacent to an activating group) is 1. The quantitative estimate of drug-likeness (QED) is 0.552. The van der Waals surface area contributed by atoms with Gasteiger partial charge >= 0.3 is 0 Å². The molecule has 88 valence electrons. The monoisotopic (exact) mass is 212 g/mol. The highest BCUT2D eigenvalue weighted by Crippen LogP contribution is 2.14. The van der Waals surface area contributed by atoms with Gasteiger partial charge in [0.2, 0.25) is 0 Å². The molecule has 1 rings (SSSR count). The zero-order valence-corrected chi connectivity index (χ0v) is 10.2. The smallest absolute Gasteiger partial charge is 0.191 e. The summed E-state index contributed by atoms with van der Waals surface area (Å²) in [4.78, 5) is 8.95. The van der Waals surface area contributed by atoms with Gasteiger partial charge in [-0.15, -0.1) is 0 Å². The predicted molar refractivity (Wildman–Crippen MR) is 65.1 cm³/mol. The van der Waals surface area contributed by atoms with E-state index >= 15 is 0 Å². The Kier molecular flexibility index (Phi) is 4.88. The summed E-state index contributed by atoms with van der Waals surface area (Å²) in [7, 11) is 0.